The topological polar surface area (TPSA) is 226 Å². The maximum absolute atomic E-state index is 11.6. The zero-order valence-electron chi connectivity index (χ0n) is 14.2. The Bertz CT molecular complexity index is 385. The number of aliphatic hydroxyl groups excluding tert-OH is 4. The van der Waals surface area contributed by atoms with Crippen molar-refractivity contribution in [1.82, 2.24) is 0 Å². The zero-order chi connectivity index (χ0) is 17.6. The summed E-state index contributed by atoms with van der Waals surface area (Å²) in [6.07, 6.45) is -3.97. The quantitative estimate of drug-likeness (QED) is 0.220. The van der Waals surface area contributed by atoms with Crippen LogP contribution in [-0.2, 0) is 14.3 Å². The van der Waals surface area contributed by atoms with Crippen molar-refractivity contribution < 1.29 is 50.8 Å². The monoisotopic (exact) mass is 373 g/mol. The van der Waals surface area contributed by atoms with E-state index in [9.17, 15) is 25.2 Å². The molecule has 6 atom stereocenters. The van der Waals surface area contributed by atoms with E-state index in [1.165, 1.54) is 0 Å². The van der Waals surface area contributed by atoms with Gasteiger partial charge in [0.1, 0.15) is 18.3 Å². The van der Waals surface area contributed by atoms with Crippen molar-refractivity contribution in [3.05, 3.63) is 0 Å². The van der Waals surface area contributed by atoms with Crippen molar-refractivity contribution in [1.29, 1.82) is 0 Å². The number of unbranched alkanes of at least 4 members (excludes halogenated alkanes) is 2. The summed E-state index contributed by atoms with van der Waals surface area (Å²) in [5, 5.41) is 47.9. The molecule has 1 heterocycles. The zero-order valence-corrected chi connectivity index (χ0v) is 14.2. The summed E-state index contributed by atoms with van der Waals surface area (Å²) in [7, 11) is 0. The molecule has 0 saturated carbocycles. The molecule has 0 radical (unpaired) electrons. The van der Waals surface area contributed by atoms with Crippen LogP contribution in [0, 0.1) is 0 Å². The number of aliphatic hydroxyl groups is 4. The van der Waals surface area contributed by atoms with Crippen LogP contribution < -0.4 is 5.73 Å². The number of hydrogen-bond donors (Lipinski definition) is 6. The number of aliphatic carboxylic acids is 1. The van der Waals surface area contributed by atoms with E-state index in [0.29, 0.717) is 6.42 Å². The predicted octanol–water partition coefficient (Wildman–Crippen LogP) is -3.48. The maximum Gasteiger partial charge on any atom is 0.364 e. The average Bonchev–Trinajstić information content (AvgIpc) is 2.53. The summed E-state index contributed by atoms with van der Waals surface area (Å²) >= 11 is 0. The van der Waals surface area contributed by atoms with Crippen LogP contribution in [0.15, 0.2) is 0 Å². The van der Waals surface area contributed by atoms with E-state index in [0.717, 1.165) is 12.8 Å². The number of rotatable bonds is 9. The van der Waals surface area contributed by atoms with E-state index < -0.39 is 55.2 Å². The van der Waals surface area contributed by atoms with Crippen molar-refractivity contribution in [2.75, 3.05) is 13.2 Å². The van der Waals surface area contributed by atoms with E-state index in [4.69, 9.17) is 20.3 Å². The third-order valence-electron chi connectivity index (χ3n) is 3.95. The van der Waals surface area contributed by atoms with Gasteiger partial charge < -0.3 is 51.7 Å². The Morgan fingerprint density at radius 2 is 1.96 bits per heavy atom. The van der Waals surface area contributed by atoms with E-state index in [1.54, 1.807) is 0 Å². The Hall–Kier alpha value is -0.890. The lowest BCUT2D eigenvalue weighted by molar-refractivity contribution is -0.309. The van der Waals surface area contributed by atoms with Gasteiger partial charge in [-0.3, -0.25) is 0 Å². The minimum atomic E-state index is -2.15. The number of ether oxygens (including phenoxy) is 2. The van der Waals surface area contributed by atoms with Gasteiger partial charge in [-0.2, -0.15) is 0 Å². The van der Waals surface area contributed by atoms with Crippen molar-refractivity contribution in [3.63, 3.8) is 0 Å². The SMILES string of the molecule is CCCCCOC1(C(=O)O)C[C@H](O)[C@@H](N)[C@H](C(O)C(O)CO)O1.O.O. The summed E-state index contributed by atoms with van der Waals surface area (Å²) < 4.78 is 10.7. The normalized spacial score (nSPS) is 31.4. The molecule has 0 aromatic heterocycles. The van der Waals surface area contributed by atoms with Crippen LogP contribution in [0.25, 0.3) is 0 Å². The molecule has 3 unspecified atom stereocenters. The third kappa shape index (κ3) is 6.40. The number of nitrogens with two attached hydrogens (primary N) is 1. The van der Waals surface area contributed by atoms with Gasteiger partial charge in [0.05, 0.1) is 25.4 Å². The fourth-order valence-electron chi connectivity index (χ4n) is 2.48. The molecule has 0 bridgehead atoms. The van der Waals surface area contributed by atoms with Gasteiger partial charge in [0.2, 0.25) is 0 Å². The van der Waals surface area contributed by atoms with Crippen molar-refractivity contribution in [3.8, 4) is 0 Å². The van der Waals surface area contributed by atoms with Gasteiger partial charge in [-0.15, -0.1) is 0 Å². The molecule has 11 nitrogen and oxygen atoms in total. The first-order chi connectivity index (χ1) is 10.8. The molecule has 1 aliphatic heterocycles. The molecule has 1 saturated heterocycles. The lowest BCUT2D eigenvalue weighted by Gasteiger charge is -2.45. The largest absolute Gasteiger partial charge is 0.477 e. The van der Waals surface area contributed by atoms with E-state index >= 15 is 0 Å². The van der Waals surface area contributed by atoms with Gasteiger partial charge in [0, 0.05) is 6.42 Å². The van der Waals surface area contributed by atoms with Crippen LogP contribution in [0.3, 0.4) is 0 Å². The van der Waals surface area contributed by atoms with Gasteiger partial charge in [0.15, 0.2) is 0 Å². The number of hydrogen-bond acceptors (Lipinski definition) is 8. The number of carboxylic acids is 1. The van der Waals surface area contributed by atoms with Gasteiger partial charge in [-0.25, -0.2) is 4.79 Å². The molecule has 0 spiro atoms. The second kappa shape index (κ2) is 11.7. The molecule has 0 aliphatic carbocycles. The lowest BCUT2D eigenvalue weighted by Crippen LogP contribution is -2.66. The molecular formula is C14H31NO10. The smallest absolute Gasteiger partial charge is 0.364 e. The Balaban J connectivity index is 0. The molecule has 25 heavy (non-hydrogen) atoms. The van der Waals surface area contributed by atoms with E-state index in [2.05, 4.69) is 0 Å². The second-order valence-electron chi connectivity index (χ2n) is 5.79. The van der Waals surface area contributed by atoms with E-state index in [-0.39, 0.29) is 17.6 Å². The first-order valence-corrected chi connectivity index (χ1v) is 7.75. The van der Waals surface area contributed by atoms with Gasteiger partial charge in [-0.05, 0) is 6.42 Å². The number of carboxylic acid groups (broad SMARTS) is 1. The van der Waals surface area contributed by atoms with Crippen molar-refractivity contribution in [2.24, 2.45) is 5.73 Å². The Kier molecular flexibility index (Phi) is 12.3. The Labute approximate surface area is 145 Å². The van der Waals surface area contributed by atoms with Gasteiger partial charge >= 0.3 is 5.97 Å². The molecule has 11 heteroatoms. The number of carbonyl (C=O) groups is 1. The maximum atomic E-state index is 11.6. The minimum absolute atomic E-state index is 0. The summed E-state index contributed by atoms with van der Waals surface area (Å²) in [6, 6.07) is -1.13. The van der Waals surface area contributed by atoms with Crippen molar-refractivity contribution in [2.45, 2.75) is 68.9 Å². The van der Waals surface area contributed by atoms with Crippen LogP contribution >= 0.6 is 0 Å². The van der Waals surface area contributed by atoms with Gasteiger partial charge in [0.25, 0.3) is 5.79 Å². The fourth-order valence-corrected chi connectivity index (χ4v) is 2.48. The molecular weight excluding hydrogens is 342 g/mol. The molecule has 0 aromatic rings. The second-order valence-corrected chi connectivity index (χ2v) is 5.79. The molecule has 1 rings (SSSR count). The summed E-state index contributed by atoms with van der Waals surface area (Å²) in [5.74, 6) is -3.60. The average molecular weight is 373 g/mol. The minimum Gasteiger partial charge on any atom is -0.477 e. The molecule has 11 N–H and O–H groups in total. The summed E-state index contributed by atoms with van der Waals surface area (Å²) in [4.78, 5) is 11.6. The fraction of sp³-hybridized carbons (Fsp3) is 0.929. The highest BCUT2D eigenvalue weighted by molar-refractivity contribution is 5.76. The first-order valence-electron chi connectivity index (χ1n) is 7.75. The molecule has 0 amide bonds. The predicted molar refractivity (Wildman–Crippen MR) is 85.6 cm³/mol. The molecule has 0 aromatic carbocycles. The first kappa shape index (κ1) is 26.3. The summed E-state index contributed by atoms with van der Waals surface area (Å²) in [5.41, 5.74) is 5.74. The highest BCUT2D eigenvalue weighted by atomic mass is 16.7. The third-order valence-corrected chi connectivity index (χ3v) is 3.95. The Morgan fingerprint density at radius 3 is 2.44 bits per heavy atom. The van der Waals surface area contributed by atoms with Crippen LogP contribution in [0.5, 0.6) is 0 Å². The Morgan fingerprint density at radius 1 is 1.36 bits per heavy atom. The molecule has 1 fully saturated rings. The van der Waals surface area contributed by atoms with Gasteiger partial charge in [-0.1, -0.05) is 19.8 Å². The van der Waals surface area contributed by atoms with Crippen LogP contribution in [0.4, 0.5) is 0 Å². The highest BCUT2D eigenvalue weighted by Crippen LogP contribution is 2.32. The van der Waals surface area contributed by atoms with Crippen LogP contribution in [-0.4, -0.2) is 91.9 Å². The van der Waals surface area contributed by atoms with Crippen molar-refractivity contribution >= 4 is 5.97 Å². The summed E-state index contributed by atoms with van der Waals surface area (Å²) in [6.45, 7) is 1.32. The molecule has 152 valence electrons. The van der Waals surface area contributed by atoms with Crippen LogP contribution in [0.1, 0.15) is 32.6 Å². The molecule has 1 aliphatic rings. The van der Waals surface area contributed by atoms with E-state index in [1.807, 2.05) is 6.92 Å². The van der Waals surface area contributed by atoms with Crippen LogP contribution in [0.2, 0.25) is 0 Å². The standard InChI is InChI=1S/C14H27NO8.2H2O/c1-2-3-4-5-22-14(13(20)21)6-8(17)10(15)12(23-14)11(19)9(18)7-16;;/h8-12,16-19H,2-7,15H2,1H3,(H,20,21);2*1H2/t8-,9?,10+,11?,12+,14?;;/m0../s1. The highest BCUT2D eigenvalue weighted by Gasteiger charge is 2.54. The lowest BCUT2D eigenvalue weighted by atomic mass is 9.89.